The number of para-hydroxylation sites is 2. The predicted molar refractivity (Wildman–Crippen MR) is 139 cm³/mol. The van der Waals surface area contributed by atoms with E-state index in [0.29, 0.717) is 35.1 Å². The molecular formula is C28H25N3O5. The molecule has 4 aromatic carbocycles. The van der Waals surface area contributed by atoms with E-state index in [1.807, 2.05) is 24.3 Å². The molecule has 2 N–H and O–H groups in total. The lowest BCUT2D eigenvalue weighted by Gasteiger charge is -2.12. The zero-order valence-electron chi connectivity index (χ0n) is 19.9. The molecule has 0 aliphatic heterocycles. The minimum Gasteiger partial charge on any atom is -0.495 e. The van der Waals surface area contributed by atoms with Crippen LogP contribution in [0.3, 0.4) is 0 Å². The first-order valence-electron chi connectivity index (χ1n) is 11.1. The van der Waals surface area contributed by atoms with Crippen molar-refractivity contribution in [1.82, 2.24) is 5.43 Å². The van der Waals surface area contributed by atoms with Crippen molar-refractivity contribution in [1.29, 1.82) is 0 Å². The molecule has 0 aliphatic rings. The quantitative estimate of drug-likeness (QED) is 0.218. The third-order valence-electron chi connectivity index (χ3n) is 5.39. The van der Waals surface area contributed by atoms with Gasteiger partial charge in [-0.25, -0.2) is 5.43 Å². The van der Waals surface area contributed by atoms with Gasteiger partial charge in [0.15, 0.2) is 11.5 Å². The van der Waals surface area contributed by atoms with E-state index in [0.717, 1.165) is 16.3 Å². The molecule has 0 heterocycles. The van der Waals surface area contributed by atoms with Gasteiger partial charge in [0.25, 0.3) is 0 Å². The summed E-state index contributed by atoms with van der Waals surface area (Å²) in [6.45, 7) is 0.377. The van der Waals surface area contributed by atoms with Crippen molar-refractivity contribution < 1.29 is 23.8 Å². The highest BCUT2D eigenvalue weighted by Gasteiger charge is 2.15. The van der Waals surface area contributed by atoms with E-state index in [2.05, 4.69) is 34.0 Å². The normalized spacial score (nSPS) is 10.7. The van der Waals surface area contributed by atoms with Crippen LogP contribution in [0.1, 0.15) is 11.1 Å². The van der Waals surface area contributed by atoms with Crippen molar-refractivity contribution >= 4 is 34.5 Å². The Labute approximate surface area is 208 Å². The Morgan fingerprint density at radius 1 is 0.806 bits per heavy atom. The molecule has 2 amide bonds. The summed E-state index contributed by atoms with van der Waals surface area (Å²) in [4.78, 5) is 24.3. The third-order valence-corrected chi connectivity index (χ3v) is 5.39. The standard InChI is InChI=1S/C28H25N3O5/c1-34-24-13-6-5-12-23(24)30-27(32)28(33)31-29-17-19-14-15-25(26(16-19)35-2)36-18-21-10-7-9-20-8-3-4-11-22(20)21/h3-17H,18H2,1-2H3,(H,30,32)(H,31,33). The summed E-state index contributed by atoms with van der Waals surface area (Å²) in [6, 6.07) is 26.3. The average molecular weight is 484 g/mol. The van der Waals surface area contributed by atoms with Gasteiger partial charge >= 0.3 is 11.8 Å². The number of ether oxygens (including phenoxy) is 3. The minimum absolute atomic E-state index is 0.377. The second-order valence-electron chi connectivity index (χ2n) is 7.69. The van der Waals surface area contributed by atoms with Gasteiger partial charge in [0.05, 0.1) is 26.1 Å². The van der Waals surface area contributed by atoms with E-state index < -0.39 is 11.8 Å². The number of anilines is 1. The van der Waals surface area contributed by atoms with Gasteiger partial charge in [-0.05, 0) is 52.2 Å². The fraction of sp³-hybridized carbons (Fsp3) is 0.107. The molecule has 8 nitrogen and oxygen atoms in total. The van der Waals surface area contributed by atoms with E-state index in [4.69, 9.17) is 14.2 Å². The smallest absolute Gasteiger partial charge is 0.329 e. The summed E-state index contributed by atoms with van der Waals surface area (Å²) in [7, 11) is 3.02. The Hall–Kier alpha value is -4.85. The van der Waals surface area contributed by atoms with Gasteiger partial charge in [0.2, 0.25) is 0 Å². The maximum atomic E-state index is 12.1. The van der Waals surface area contributed by atoms with Gasteiger partial charge in [-0.2, -0.15) is 5.10 Å². The molecule has 0 unspecified atom stereocenters. The van der Waals surface area contributed by atoms with E-state index in [-0.39, 0.29) is 0 Å². The summed E-state index contributed by atoms with van der Waals surface area (Å²) >= 11 is 0. The van der Waals surface area contributed by atoms with Crippen LogP contribution in [0.15, 0.2) is 90.0 Å². The zero-order valence-corrected chi connectivity index (χ0v) is 19.9. The largest absolute Gasteiger partial charge is 0.495 e. The van der Waals surface area contributed by atoms with Crippen LogP contribution in [0.2, 0.25) is 0 Å². The summed E-state index contributed by atoms with van der Waals surface area (Å²) in [5.74, 6) is -0.259. The molecule has 0 saturated heterocycles. The summed E-state index contributed by atoms with van der Waals surface area (Å²) in [6.07, 6.45) is 1.41. The van der Waals surface area contributed by atoms with Crippen LogP contribution in [-0.2, 0) is 16.2 Å². The number of amides is 2. The molecular weight excluding hydrogens is 458 g/mol. The molecule has 0 aliphatic carbocycles. The van der Waals surface area contributed by atoms with Crippen LogP contribution < -0.4 is 25.0 Å². The summed E-state index contributed by atoms with van der Waals surface area (Å²) < 4.78 is 16.6. The number of nitrogens with one attached hydrogen (secondary N) is 2. The lowest BCUT2D eigenvalue weighted by atomic mass is 10.1. The Morgan fingerprint density at radius 3 is 2.39 bits per heavy atom. The zero-order chi connectivity index (χ0) is 25.3. The van der Waals surface area contributed by atoms with Crippen molar-refractivity contribution in [3.63, 3.8) is 0 Å². The van der Waals surface area contributed by atoms with Crippen LogP contribution in [0, 0.1) is 0 Å². The number of methoxy groups -OCH3 is 2. The number of rotatable bonds is 8. The molecule has 0 bridgehead atoms. The van der Waals surface area contributed by atoms with E-state index >= 15 is 0 Å². The first kappa shape index (κ1) is 24.3. The van der Waals surface area contributed by atoms with E-state index in [1.54, 1.807) is 49.6 Å². The first-order chi connectivity index (χ1) is 17.6. The maximum Gasteiger partial charge on any atom is 0.329 e. The number of hydrazone groups is 1. The van der Waals surface area contributed by atoms with Crippen LogP contribution >= 0.6 is 0 Å². The molecule has 4 rings (SSSR count). The van der Waals surface area contributed by atoms with Crippen molar-refractivity contribution in [3.8, 4) is 17.2 Å². The first-order valence-corrected chi connectivity index (χ1v) is 11.1. The van der Waals surface area contributed by atoms with Crippen LogP contribution in [0.25, 0.3) is 10.8 Å². The second kappa shape index (κ2) is 11.5. The highest BCUT2D eigenvalue weighted by Crippen LogP contribution is 2.29. The molecule has 36 heavy (non-hydrogen) atoms. The molecule has 0 saturated carbocycles. The average Bonchev–Trinajstić information content (AvgIpc) is 2.92. The van der Waals surface area contributed by atoms with Crippen molar-refractivity contribution in [2.45, 2.75) is 6.61 Å². The molecule has 4 aromatic rings. The highest BCUT2D eigenvalue weighted by molar-refractivity contribution is 6.39. The van der Waals surface area contributed by atoms with E-state index in [1.165, 1.54) is 13.3 Å². The van der Waals surface area contributed by atoms with Gasteiger partial charge in [-0.15, -0.1) is 0 Å². The molecule has 0 aromatic heterocycles. The Morgan fingerprint density at radius 2 is 1.56 bits per heavy atom. The summed E-state index contributed by atoms with van der Waals surface area (Å²) in [5, 5.41) is 8.64. The van der Waals surface area contributed by atoms with Gasteiger partial charge in [0, 0.05) is 0 Å². The lowest BCUT2D eigenvalue weighted by Crippen LogP contribution is -2.32. The molecule has 8 heteroatoms. The monoisotopic (exact) mass is 483 g/mol. The number of hydrogen-bond acceptors (Lipinski definition) is 6. The SMILES string of the molecule is COc1ccccc1NC(=O)C(=O)NN=Cc1ccc(OCc2cccc3ccccc23)c(OC)c1. The van der Waals surface area contributed by atoms with Crippen molar-refractivity contribution in [2.24, 2.45) is 5.10 Å². The lowest BCUT2D eigenvalue weighted by molar-refractivity contribution is -0.136. The molecule has 0 atom stereocenters. The Kier molecular flexibility index (Phi) is 7.77. The molecule has 182 valence electrons. The number of carbonyl (C=O) groups is 2. The molecule has 0 radical (unpaired) electrons. The topological polar surface area (TPSA) is 98.2 Å². The van der Waals surface area contributed by atoms with Crippen LogP contribution in [0.5, 0.6) is 17.2 Å². The Balaban J connectivity index is 1.37. The maximum absolute atomic E-state index is 12.1. The van der Waals surface area contributed by atoms with Crippen LogP contribution in [-0.4, -0.2) is 32.2 Å². The molecule has 0 fully saturated rings. The predicted octanol–water partition coefficient (Wildman–Crippen LogP) is 4.52. The van der Waals surface area contributed by atoms with Gasteiger partial charge < -0.3 is 19.5 Å². The second-order valence-corrected chi connectivity index (χ2v) is 7.69. The Bertz CT molecular complexity index is 1410. The van der Waals surface area contributed by atoms with Gasteiger partial charge in [-0.3, -0.25) is 9.59 Å². The van der Waals surface area contributed by atoms with Crippen molar-refractivity contribution in [2.75, 3.05) is 19.5 Å². The summed E-state index contributed by atoms with van der Waals surface area (Å²) in [5.41, 5.74) is 4.31. The van der Waals surface area contributed by atoms with Gasteiger partial charge in [-0.1, -0.05) is 54.6 Å². The number of benzene rings is 4. The fourth-order valence-corrected chi connectivity index (χ4v) is 3.60. The highest BCUT2D eigenvalue weighted by atomic mass is 16.5. The number of fused-ring (bicyclic) bond motifs is 1. The number of hydrogen-bond donors (Lipinski definition) is 2. The van der Waals surface area contributed by atoms with Crippen LogP contribution in [0.4, 0.5) is 5.69 Å². The van der Waals surface area contributed by atoms with E-state index in [9.17, 15) is 9.59 Å². The molecule has 0 spiro atoms. The van der Waals surface area contributed by atoms with Crippen molar-refractivity contribution in [3.05, 3.63) is 96.1 Å². The third kappa shape index (κ3) is 5.79. The number of carbonyl (C=O) groups excluding carboxylic acids is 2. The fourth-order valence-electron chi connectivity index (χ4n) is 3.60. The van der Waals surface area contributed by atoms with Gasteiger partial charge in [0.1, 0.15) is 12.4 Å². The minimum atomic E-state index is -0.917. The number of nitrogens with zero attached hydrogens (tertiary/aromatic N) is 1.